The second-order valence-corrected chi connectivity index (χ2v) is 8.24. The van der Waals surface area contributed by atoms with Crippen LogP contribution in [0.5, 0.6) is 5.75 Å². The van der Waals surface area contributed by atoms with Crippen molar-refractivity contribution in [3.8, 4) is 5.75 Å². The van der Waals surface area contributed by atoms with Gasteiger partial charge in [-0.3, -0.25) is 4.79 Å². The van der Waals surface area contributed by atoms with E-state index < -0.39 is 0 Å². The van der Waals surface area contributed by atoms with Crippen molar-refractivity contribution in [2.45, 2.75) is 32.9 Å². The number of hydrogen-bond donors (Lipinski definition) is 0. The minimum atomic E-state index is -0.0238. The van der Waals surface area contributed by atoms with Crippen molar-refractivity contribution < 1.29 is 14.3 Å². The molecule has 1 heterocycles. The van der Waals surface area contributed by atoms with E-state index in [1.165, 1.54) is 5.56 Å². The van der Waals surface area contributed by atoms with Crippen LogP contribution in [0.3, 0.4) is 0 Å². The Kier molecular flexibility index (Phi) is 7.99. The number of methoxy groups -OCH3 is 1. The van der Waals surface area contributed by atoms with Crippen LogP contribution in [-0.4, -0.2) is 36.1 Å². The van der Waals surface area contributed by atoms with E-state index in [2.05, 4.69) is 24.9 Å². The highest BCUT2D eigenvalue weighted by atomic mass is 32.1. The fraction of sp³-hybridized carbons (Fsp3) is 0.333. The van der Waals surface area contributed by atoms with E-state index in [1.54, 1.807) is 23.3 Å². The van der Waals surface area contributed by atoms with Crippen molar-refractivity contribution in [1.82, 2.24) is 9.88 Å². The summed E-state index contributed by atoms with van der Waals surface area (Å²) in [5.41, 5.74) is 2.71. The van der Waals surface area contributed by atoms with Crippen molar-refractivity contribution in [2.75, 3.05) is 20.3 Å². The summed E-state index contributed by atoms with van der Waals surface area (Å²) in [5.74, 6) is 1.26. The highest BCUT2D eigenvalue weighted by molar-refractivity contribution is 7.09. The van der Waals surface area contributed by atoms with Crippen LogP contribution in [0.25, 0.3) is 0 Å². The van der Waals surface area contributed by atoms with Crippen LogP contribution in [0.1, 0.15) is 46.4 Å². The molecular formula is C24H28N2O3S. The summed E-state index contributed by atoms with van der Waals surface area (Å²) in [7, 11) is 1.64. The summed E-state index contributed by atoms with van der Waals surface area (Å²) in [6.07, 6.45) is 0. The first-order chi connectivity index (χ1) is 14.6. The molecule has 0 unspecified atom stereocenters. The number of carbonyl (C=O) groups excluding carboxylic acids is 1. The van der Waals surface area contributed by atoms with Gasteiger partial charge in [-0.15, -0.1) is 11.3 Å². The average Bonchev–Trinajstić information content (AvgIpc) is 3.22. The lowest BCUT2D eigenvalue weighted by molar-refractivity contribution is 0.0678. The highest BCUT2D eigenvalue weighted by Crippen LogP contribution is 2.27. The number of aromatic nitrogens is 1. The van der Waals surface area contributed by atoms with Crippen molar-refractivity contribution in [3.05, 3.63) is 81.8 Å². The van der Waals surface area contributed by atoms with Gasteiger partial charge in [0.05, 0.1) is 18.8 Å². The molecule has 158 valence electrons. The topological polar surface area (TPSA) is 51.7 Å². The Bertz CT molecular complexity index is 940. The molecule has 0 spiro atoms. The Balaban J connectivity index is 1.66. The first-order valence-electron chi connectivity index (χ1n) is 10.1. The maximum absolute atomic E-state index is 12.9. The second kappa shape index (κ2) is 10.9. The van der Waals surface area contributed by atoms with Crippen molar-refractivity contribution in [2.24, 2.45) is 0 Å². The predicted octanol–water partition coefficient (Wildman–Crippen LogP) is 5.13. The van der Waals surface area contributed by atoms with Gasteiger partial charge in [-0.05, 0) is 29.7 Å². The van der Waals surface area contributed by atoms with Crippen LogP contribution >= 0.6 is 11.3 Å². The molecule has 3 aromatic rings. The minimum absolute atomic E-state index is 0.0238. The van der Waals surface area contributed by atoms with Gasteiger partial charge in [0.2, 0.25) is 0 Å². The van der Waals surface area contributed by atoms with Gasteiger partial charge < -0.3 is 14.4 Å². The van der Waals surface area contributed by atoms with Crippen LogP contribution in [0.2, 0.25) is 0 Å². The van der Waals surface area contributed by atoms with Crippen molar-refractivity contribution in [1.29, 1.82) is 0 Å². The van der Waals surface area contributed by atoms with Crippen LogP contribution in [0.15, 0.2) is 60.0 Å². The van der Waals surface area contributed by atoms with E-state index in [4.69, 9.17) is 9.47 Å². The van der Waals surface area contributed by atoms with E-state index in [0.717, 1.165) is 16.5 Å². The number of amides is 1. The Hall–Kier alpha value is -2.70. The van der Waals surface area contributed by atoms with Crippen LogP contribution in [0, 0.1) is 0 Å². The molecule has 0 bridgehead atoms. The van der Waals surface area contributed by atoms with E-state index in [9.17, 15) is 4.79 Å². The predicted molar refractivity (Wildman–Crippen MR) is 120 cm³/mol. The van der Waals surface area contributed by atoms with Gasteiger partial charge in [-0.2, -0.15) is 0 Å². The number of benzene rings is 2. The zero-order valence-electron chi connectivity index (χ0n) is 17.7. The number of ether oxygens (including phenoxy) is 2. The SMILES string of the molecule is COCCN(Cc1csc(COc2ccccc2C(C)C)n1)C(=O)c1ccccc1. The zero-order valence-corrected chi connectivity index (χ0v) is 18.5. The third kappa shape index (κ3) is 5.90. The summed E-state index contributed by atoms with van der Waals surface area (Å²) in [4.78, 5) is 19.3. The number of nitrogens with zero attached hydrogens (tertiary/aromatic N) is 2. The van der Waals surface area contributed by atoms with Gasteiger partial charge in [-0.1, -0.05) is 50.2 Å². The standard InChI is InChI=1S/C24H28N2O3S/c1-18(2)21-11-7-8-12-22(21)29-16-23-25-20(17-30-23)15-26(13-14-28-3)24(27)19-9-5-4-6-10-19/h4-12,17-18H,13-16H2,1-3H3. The van der Waals surface area contributed by atoms with E-state index in [1.807, 2.05) is 53.9 Å². The molecule has 0 radical (unpaired) electrons. The van der Waals surface area contributed by atoms with Crippen molar-refractivity contribution >= 4 is 17.2 Å². The van der Waals surface area contributed by atoms with E-state index in [-0.39, 0.29) is 5.91 Å². The quantitative estimate of drug-likeness (QED) is 0.452. The van der Waals surface area contributed by atoms with Crippen LogP contribution in [-0.2, 0) is 17.9 Å². The molecule has 6 heteroatoms. The molecule has 30 heavy (non-hydrogen) atoms. The molecule has 0 saturated carbocycles. The fourth-order valence-electron chi connectivity index (χ4n) is 3.13. The van der Waals surface area contributed by atoms with Crippen molar-refractivity contribution in [3.63, 3.8) is 0 Å². The molecule has 3 rings (SSSR count). The van der Waals surface area contributed by atoms with E-state index >= 15 is 0 Å². The summed E-state index contributed by atoms with van der Waals surface area (Å²) in [6, 6.07) is 17.4. The first kappa shape index (κ1) is 22.0. The maximum Gasteiger partial charge on any atom is 0.254 e. The van der Waals surface area contributed by atoms with Gasteiger partial charge in [0.25, 0.3) is 5.91 Å². The molecule has 0 atom stereocenters. The number of carbonyl (C=O) groups is 1. The second-order valence-electron chi connectivity index (χ2n) is 7.30. The normalized spacial score (nSPS) is 10.9. The fourth-order valence-corrected chi connectivity index (χ4v) is 3.83. The monoisotopic (exact) mass is 424 g/mol. The van der Waals surface area contributed by atoms with Gasteiger partial charge >= 0.3 is 0 Å². The van der Waals surface area contributed by atoms with E-state index in [0.29, 0.717) is 37.8 Å². The number of para-hydroxylation sites is 1. The summed E-state index contributed by atoms with van der Waals surface area (Å²) >= 11 is 1.55. The summed E-state index contributed by atoms with van der Waals surface area (Å²) in [5, 5.41) is 2.88. The molecular weight excluding hydrogens is 396 g/mol. The highest BCUT2D eigenvalue weighted by Gasteiger charge is 2.17. The molecule has 5 nitrogen and oxygen atoms in total. The number of hydrogen-bond acceptors (Lipinski definition) is 5. The molecule has 0 saturated heterocycles. The first-order valence-corrected chi connectivity index (χ1v) is 10.9. The molecule has 0 aliphatic heterocycles. The Labute approximate surface area is 182 Å². The summed E-state index contributed by atoms with van der Waals surface area (Å²) < 4.78 is 11.2. The minimum Gasteiger partial charge on any atom is -0.486 e. The smallest absolute Gasteiger partial charge is 0.254 e. The lowest BCUT2D eigenvalue weighted by atomic mass is 10.0. The molecule has 0 aliphatic carbocycles. The molecule has 0 fully saturated rings. The van der Waals surface area contributed by atoms with Gasteiger partial charge in [0, 0.05) is 24.6 Å². The maximum atomic E-state index is 12.9. The third-order valence-corrected chi connectivity index (χ3v) is 5.59. The number of thiazole rings is 1. The largest absolute Gasteiger partial charge is 0.486 e. The van der Waals surface area contributed by atoms with Crippen LogP contribution < -0.4 is 4.74 Å². The zero-order chi connectivity index (χ0) is 21.3. The van der Waals surface area contributed by atoms with Gasteiger partial charge in [0.15, 0.2) is 0 Å². The third-order valence-electron chi connectivity index (χ3n) is 4.72. The average molecular weight is 425 g/mol. The van der Waals surface area contributed by atoms with Gasteiger partial charge in [0.1, 0.15) is 17.4 Å². The molecule has 2 aromatic carbocycles. The Morgan fingerprint density at radius 2 is 1.83 bits per heavy atom. The lowest BCUT2D eigenvalue weighted by Gasteiger charge is -2.21. The van der Waals surface area contributed by atoms with Gasteiger partial charge in [-0.25, -0.2) is 4.98 Å². The molecule has 0 N–H and O–H groups in total. The lowest BCUT2D eigenvalue weighted by Crippen LogP contribution is -2.33. The van der Waals surface area contributed by atoms with Crippen LogP contribution in [0.4, 0.5) is 0 Å². The molecule has 1 amide bonds. The Morgan fingerprint density at radius 3 is 2.57 bits per heavy atom. The molecule has 1 aromatic heterocycles. The Morgan fingerprint density at radius 1 is 1.10 bits per heavy atom. The summed E-state index contributed by atoms with van der Waals surface area (Å²) in [6.45, 7) is 6.15. The molecule has 0 aliphatic rings. The number of rotatable bonds is 10.